The normalized spacial score (nSPS) is 10.9. The molecule has 0 saturated heterocycles. The highest BCUT2D eigenvalue weighted by Crippen LogP contribution is 2.17. The summed E-state index contributed by atoms with van der Waals surface area (Å²) in [6, 6.07) is 9.92. The molecule has 0 aliphatic rings. The van der Waals surface area contributed by atoms with Gasteiger partial charge >= 0.3 is 5.97 Å². The summed E-state index contributed by atoms with van der Waals surface area (Å²) >= 11 is 0. The van der Waals surface area contributed by atoms with Crippen LogP contribution >= 0.6 is 0 Å². The van der Waals surface area contributed by atoms with Crippen LogP contribution in [0.1, 0.15) is 30.1 Å². The van der Waals surface area contributed by atoms with E-state index in [0.29, 0.717) is 6.54 Å². The molecule has 7 nitrogen and oxygen atoms in total. The number of esters is 1. The van der Waals surface area contributed by atoms with E-state index in [-0.39, 0.29) is 28.7 Å². The SMILES string of the molecule is CCCCNC(=O)COC(=O)c1ccc(NS(=O)(=O)c2ccc(F)cc2)cc1. The average molecular weight is 408 g/mol. The number of sulfonamides is 1. The molecule has 2 aromatic carbocycles. The molecule has 0 saturated carbocycles. The number of nitrogens with one attached hydrogen (secondary N) is 2. The molecule has 0 heterocycles. The first-order valence-corrected chi connectivity index (χ1v) is 10.1. The molecular formula is C19H21FN2O5S. The molecule has 150 valence electrons. The molecule has 0 unspecified atom stereocenters. The Morgan fingerprint density at radius 3 is 2.29 bits per heavy atom. The molecule has 0 radical (unpaired) electrons. The number of halogens is 1. The van der Waals surface area contributed by atoms with Crippen LogP contribution in [0.3, 0.4) is 0 Å². The van der Waals surface area contributed by atoms with Gasteiger partial charge in [0.25, 0.3) is 15.9 Å². The lowest BCUT2D eigenvalue weighted by molar-refractivity contribution is -0.124. The number of carbonyl (C=O) groups excluding carboxylic acids is 2. The lowest BCUT2D eigenvalue weighted by Gasteiger charge is -2.09. The van der Waals surface area contributed by atoms with Gasteiger partial charge in [-0.05, 0) is 55.0 Å². The molecule has 0 bridgehead atoms. The maximum Gasteiger partial charge on any atom is 0.338 e. The Labute approximate surface area is 163 Å². The zero-order valence-electron chi connectivity index (χ0n) is 15.3. The van der Waals surface area contributed by atoms with Crippen LogP contribution in [0, 0.1) is 5.82 Å². The van der Waals surface area contributed by atoms with Crippen LogP contribution in [0.25, 0.3) is 0 Å². The average Bonchev–Trinajstić information content (AvgIpc) is 2.67. The largest absolute Gasteiger partial charge is 0.452 e. The minimum absolute atomic E-state index is 0.0912. The Hall–Kier alpha value is -2.94. The predicted octanol–water partition coefficient (Wildman–Crippen LogP) is 2.70. The molecule has 0 fully saturated rings. The maximum atomic E-state index is 12.9. The number of ether oxygens (including phenoxy) is 1. The van der Waals surface area contributed by atoms with E-state index in [1.165, 1.54) is 24.3 Å². The van der Waals surface area contributed by atoms with Crippen molar-refractivity contribution < 1.29 is 27.1 Å². The van der Waals surface area contributed by atoms with Gasteiger partial charge in [0, 0.05) is 12.2 Å². The van der Waals surface area contributed by atoms with Crippen molar-refractivity contribution in [3.63, 3.8) is 0 Å². The molecule has 2 rings (SSSR count). The van der Waals surface area contributed by atoms with Crippen molar-refractivity contribution in [2.24, 2.45) is 0 Å². The van der Waals surface area contributed by atoms with Gasteiger partial charge in [0.05, 0.1) is 10.5 Å². The van der Waals surface area contributed by atoms with E-state index in [9.17, 15) is 22.4 Å². The number of unbranched alkanes of at least 4 members (excludes halogenated alkanes) is 1. The van der Waals surface area contributed by atoms with Crippen LogP contribution in [0.4, 0.5) is 10.1 Å². The summed E-state index contributed by atoms with van der Waals surface area (Å²) < 4.78 is 44.7. The van der Waals surface area contributed by atoms with Crippen LogP contribution in [0.2, 0.25) is 0 Å². The fourth-order valence-corrected chi connectivity index (χ4v) is 3.23. The van der Waals surface area contributed by atoms with Crippen molar-refractivity contribution in [3.8, 4) is 0 Å². The number of benzene rings is 2. The van der Waals surface area contributed by atoms with Gasteiger partial charge in [0.1, 0.15) is 5.82 Å². The maximum absolute atomic E-state index is 12.9. The van der Waals surface area contributed by atoms with Gasteiger partial charge in [-0.3, -0.25) is 9.52 Å². The number of hydrogen-bond donors (Lipinski definition) is 2. The second kappa shape index (κ2) is 9.84. The summed E-state index contributed by atoms with van der Waals surface area (Å²) in [5.41, 5.74) is 0.393. The lowest BCUT2D eigenvalue weighted by Crippen LogP contribution is -2.29. The third kappa shape index (κ3) is 6.34. The van der Waals surface area contributed by atoms with Crippen molar-refractivity contribution in [3.05, 3.63) is 59.9 Å². The van der Waals surface area contributed by atoms with E-state index < -0.39 is 21.8 Å². The first-order valence-electron chi connectivity index (χ1n) is 8.64. The number of amides is 1. The van der Waals surface area contributed by atoms with E-state index in [1.54, 1.807) is 0 Å². The smallest absolute Gasteiger partial charge is 0.338 e. The van der Waals surface area contributed by atoms with Crippen LogP contribution in [0.5, 0.6) is 0 Å². The Bertz CT molecular complexity index is 912. The van der Waals surface area contributed by atoms with Gasteiger partial charge in [-0.1, -0.05) is 13.3 Å². The highest BCUT2D eigenvalue weighted by molar-refractivity contribution is 7.92. The molecule has 0 aliphatic heterocycles. The van der Waals surface area contributed by atoms with Gasteiger partial charge in [0.2, 0.25) is 0 Å². The van der Waals surface area contributed by atoms with Crippen LogP contribution < -0.4 is 10.0 Å². The van der Waals surface area contributed by atoms with E-state index in [0.717, 1.165) is 37.1 Å². The topological polar surface area (TPSA) is 102 Å². The standard InChI is InChI=1S/C19H21FN2O5S/c1-2-3-12-21-18(23)13-27-19(24)14-4-8-16(9-5-14)22-28(25,26)17-10-6-15(20)7-11-17/h4-11,22H,2-3,12-13H2,1H3,(H,21,23). The third-order valence-corrected chi connectivity index (χ3v) is 5.08. The van der Waals surface area contributed by atoms with E-state index in [2.05, 4.69) is 10.0 Å². The summed E-state index contributed by atoms with van der Waals surface area (Å²) in [6.07, 6.45) is 1.78. The predicted molar refractivity (Wildman–Crippen MR) is 102 cm³/mol. The zero-order valence-corrected chi connectivity index (χ0v) is 16.1. The molecule has 0 atom stereocenters. The summed E-state index contributed by atoms with van der Waals surface area (Å²) in [5.74, 6) is -1.62. The summed E-state index contributed by atoms with van der Waals surface area (Å²) in [5, 5.41) is 2.63. The minimum Gasteiger partial charge on any atom is -0.452 e. The highest BCUT2D eigenvalue weighted by Gasteiger charge is 2.15. The third-order valence-electron chi connectivity index (χ3n) is 3.68. The van der Waals surface area contributed by atoms with Crippen molar-refractivity contribution in [1.29, 1.82) is 0 Å². The van der Waals surface area contributed by atoms with Gasteiger partial charge in [0.15, 0.2) is 6.61 Å². The fourth-order valence-electron chi connectivity index (χ4n) is 2.17. The van der Waals surface area contributed by atoms with Gasteiger partial charge in [-0.15, -0.1) is 0 Å². The summed E-state index contributed by atoms with van der Waals surface area (Å²) in [4.78, 5) is 23.4. The van der Waals surface area contributed by atoms with Gasteiger partial charge in [-0.2, -0.15) is 0 Å². The number of rotatable bonds is 9. The molecule has 0 aromatic heterocycles. The summed E-state index contributed by atoms with van der Waals surface area (Å²) in [7, 11) is -3.88. The zero-order chi connectivity index (χ0) is 20.6. The molecule has 0 spiro atoms. The second-order valence-corrected chi connectivity index (χ2v) is 7.60. The Kier molecular flexibility index (Phi) is 7.51. The first kappa shape index (κ1) is 21.4. The van der Waals surface area contributed by atoms with E-state index in [4.69, 9.17) is 4.74 Å². The fraction of sp³-hybridized carbons (Fsp3) is 0.263. The monoisotopic (exact) mass is 408 g/mol. The van der Waals surface area contributed by atoms with Crippen LogP contribution in [-0.2, 0) is 19.6 Å². The van der Waals surface area contributed by atoms with E-state index >= 15 is 0 Å². The molecular weight excluding hydrogens is 387 g/mol. The lowest BCUT2D eigenvalue weighted by atomic mass is 10.2. The molecule has 2 aromatic rings. The second-order valence-electron chi connectivity index (χ2n) is 5.92. The number of hydrogen-bond acceptors (Lipinski definition) is 5. The van der Waals surface area contributed by atoms with Gasteiger partial charge < -0.3 is 10.1 Å². The molecule has 9 heteroatoms. The van der Waals surface area contributed by atoms with Crippen LogP contribution in [0.15, 0.2) is 53.4 Å². The Morgan fingerprint density at radius 2 is 1.68 bits per heavy atom. The highest BCUT2D eigenvalue weighted by atomic mass is 32.2. The van der Waals surface area contributed by atoms with E-state index in [1.807, 2.05) is 6.92 Å². The molecule has 1 amide bonds. The molecule has 28 heavy (non-hydrogen) atoms. The number of carbonyl (C=O) groups is 2. The number of anilines is 1. The van der Waals surface area contributed by atoms with Crippen molar-refractivity contribution >= 4 is 27.6 Å². The quantitative estimate of drug-likeness (QED) is 0.491. The Morgan fingerprint density at radius 1 is 1.04 bits per heavy atom. The molecule has 2 N–H and O–H groups in total. The van der Waals surface area contributed by atoms with Crippen LogP contribution in [-0.4, -0.2) is 33.4 Å². The van der Waals surface area contributed by atoms with Gasteiger partial charge in [-0.25, -0.2) is 17.6 Å². The Balaban J connectivity index is 1.92. The van der Waals surface area contributed by atoms with Crippen molar-refractivity contribution in [2.75, 3.05) is 17.9 Å². The first-order chi connectivity index (χ1) is 13.3. The summed E-state index contributed by atoms with van der Waals surface area (Å²) in [6.45, 7) is 2.13. The molecule has 0 aliphatic carbocycles. The van der Waals surface area contributed by atoms with Crippen molar-refractivity contribution in [2.45, 2.75) is 24.7 Å². The van der Waals surface area contributed by atoms with Crippen molar-refractivity contribution in [1.82, 2.24) is 5.32 Å². The minimum atomic E-state index is -3.88.